The van der Waals surface area contributed by atoms with E-state index in [2.05, 4.69) is 25.6 Å². The van der Waals surface area contributed by atoms with Gasteiger partial charge in [-0.25, -0.2) is 18.1 Å². The highest BCUT2D eigenvalue weighted by Gasteiger charge is 2.27. The van der Waals surface area contributed by atoms with Crippen LogP contribution < -0.4 is 9.46 Å². The van der Waals surface area contributed by atoms with Crippen LogP contribution in [0.4, 0.5) is 0 Å². The van der Waals surface area contributed by atoms with Gasteiger partial charge in [-0.3, -0.25) is 4.79 Å². The van der Waals surface area contributed by atoms with Crippen LogP contribution in [-0.4, -0.2) is 33.1 Å². The molecule has 0 amide bonds. The number of benzene rings is 1. The number of halogens is 2. The van der Waals surface area contributed by atoms with Crippen LogP contribution in [0.15, 0.2) is 45.9 Å². The number of esters is 1. The van der Waals surface area contributed by atoms with Gasteiger partial charge in [0, 0.05) is 10.7 Å². The lowest BCUT2D eigenvalue weighted by Gasteiger charge is -2.19. The number of nitrogens with one attached hydrogen (secondary N) is 1. The van der Waals surface area contributed by atoms with Crippen molar-refractivity contribution < 1.29 is 22.7 Å². The summed E-state index contributed by atoms with van der Waals surface area (Å²) in [5, 5.41) is -0.175. The fourth-order valence-electron chi connectivity index (χ4n) is 2.32. The molecule has 0 aliphatic rings. The van der Waals surface area contributed by atoms with Gasteiger partial charge in [-0.2, -0.15) is 0 Å². The minimum Gasteiger partial charge on any atom is -0.497 e. The van der Waals surface area contributed by atoms with E-state index in [1.165, 1.54) is 19.4 Å². The number of ether oxygens (including phenoxy) is 2. The Kier molecular flexibility index (Phi) is 7.60. The van der Waals surface area contributed by atoms with Crippen LogP contribution in [0.5, 0.6) is 5.75 Å². The van der Waals surface area contributed by atoms with E-state index in [4.69, 9.17) is 21.1 Å². The number of nitrogens with zero attached hydrogens (tertiary/aromatic N) is 1. The van der Waals surface area contributed by atoms with E-state index in [9.17, 15) is 13.2 Å². The average Bonchev–Trinajstić information content (AvgIpc) is 2.63. The van der Waals surface area contributed by atoms with E-state index in [0.717, 1.165) is 0 Å². The van der Waals surface area contributed by atoms with Crippen molar-refractivity contribution in [2.75, 3.05) is 13.7 Å². The van der Waals surface area contributed by atoms with Crippen molar-refractivity contribution in [2.45, 2.75) is 24.3 Å². The summed E-state index contributed by atoms with van der Waals surface area (Å²) in [6.07, 6.45) is 1.19. The Bertz CT molecular complexity index is 923. The molecule has 0 saturated heterocycles. The highest BCUT2D eigenvalue weighted by Crippen LogP contribution is 2.27. The van der Waals surface area contributed by atoms with Crippen LogP contribution in [0.2, 0.25) is 5.15 Å². The predicted molar refractivity (Wildman–Crippen MR) is 104 cm³/mol. The number of aromatic nitrogens is 1. The normalized spacial score (nSPS) is 12.4. The molecule has 2 rings (SSSR count). The van der Waals surface area contributed by atoms with E-state index in [0.29, 0.717) is 15.8 Å². The first-order valence-electron chi connectivity index (χ1n) is 7.89. The molecule has 0 fully saturated rings. The summed E-state index contributed by atoms with van der Waals surface area (Å²) in [6, 6.07) is 7.22. The van der Waals surface area contributed by atoms with Crippen LogP contribution in [0.25, 0.3) is 0 Å². The number of hydrogen-bond donors (Lipinski definition) is 1. The molecule has 1 unspecified atom stereocenters. The first-order chi connectivity index (χ1) is 12.8. The fraction of sp³-hybridized carbons (Fsp3) is 0.294. The molecule has 7 nitrogen and oxygen atoms in total. The molecule has 1 aromatic carbocycles. The second-order valence-corrected chi connectivity index (χ2v) is 8.36. The molecule has 146 valence electrons. The number of carbonyl (C=O) groups excluding carboxylic acids is 1. The van der Waals surface area contributed by atoms with Gasteiger partial charge in [0.05, 0.1) is 26.2 Å². The Labute approximate surface area is 171 Å². The molecular formula is C17H18BrClN2O5S. The molecule has 0 spiro atoms. The third-order valence-corrected chi connectivity index (χ3v) is 5.86. The minimum atomic E-state index is -4.06. The van der Waals surface area contributed by atoms with Crippen LogP contribution >= 0.6 is 27.5 Å². The van der Waals surface area contributed by atoms with Gasteiger partial charge in [0.25, 0.3) is 0 Å². The number of pyridine rings is 1. The molecule has 1 heterocycles. The summed E-state index contributed by atoms with van der Waals surface area (Å²) in [4.78, 5) is 15.6. The summed E-state index contributed by atoms with van der Waals surface area (Å²) < 4.78 is 38.8. The Morgan fingerprint density at radius 2 is 2.11 bits per heavy atom. The lowest BCUT2D eigenvalue weighted by Crippen LogP contribution is -2.31. The van der Waals surface area contributed by atoms with Crippen molar-refractivity contribution in [3.63, 3.8) is 0 Å². The lowest BCUT2D eigenvalue weighted by molar-refractivity contribution is -0.143. The average molecular weight is 478 g/mol. The third-order valence-electron chi connectivity index (χ3n) is 3.53. The van der Waals surface area contributed by atoms with Gasteiger partial charge in [0.1, 0.15) is 15.8 Å². The maximum atomic E-state index is 12.8. The highest BCUT2D eigenvalue weighted by molar-refractivity contribution is 9.10. The van der Waals surface area contributed by atoms with Crippen molar-refractivity contribution in [2.24, 2.45) is 0 Å². The molecule has 1 atom stereocenters. The van der Waals surface area contributed by atoms with E-state index in [-0.39, 0.29) is 23.1 Å². The van der Waals surface area contributed by atoms with Crippen LogP contribution in [0.1, 0.15) is 24.9 Å². The second kappa shape index (κ2) is 9.50. The summed E-state index contributed by atoms with van der Waals surface area (Å²) >= 11 is 9.13. The fourth-order valence-corrected chi connectivity index (χ4v) is 4.48. The zero-order chi connectivity index (χ0) is 20.0. The lowest BCUT2D eigenvalue weighted by atomic mass is 10.0. The largest absolute Gasteiger partial charge is 0.497 e. The molecule has 0 bridgehead atoms. The Hall–Kier alpha value is -1.68. The van der Waals surface area contributed by atoms with E-state index in [1.54, 1.807) is 31.2 Å². The topological polar surface area (TPSA) is 94.6 Å². The summed E-state index contributed by atoms with van der Waals surface area (Å²) in [5.74, 6) is -0.00537. The van der Waals surface area contributed by atoms with Crippen LogP contribution in [0.3, 0.4) is 0 Å². The number of hydrogen-bond acceptors (Lipinski definition) is 6. The first kappa shape index (κ1) is 21.6. The number of sulfonamides is 1. The molecule has 1 N–H and O–H groups in total. The monoisotopic (exact) mass is 476 g/mol. The van der Waals surface area contributed by atoms with Crippen molar-refractivity contribution in [1.29, 1.82) is 0 Å². The Morgan fingerprint density at radius 3 is 2.78 bits per heavy atom. The van der Waals surface area contributed by atoms with E-state index in [1.807, 2.05) is 0 Å². The zero-order valence-electron chi connectivity index (χ0n) is 14.6. The molecule has 0 aliphatic heterocycles. The Balaban J connectivity index is 2.40. The molecule has 27 heavy (non-hydrogen) atoms. The number of methoxy groups -OCH3 is 1. The van der Waals surface area contributed by atoms with Crippen LogP contribution in [0, 0.1) is 0 Å². The number of rotatable bonds is 8. The maximum absolute atomic E-state index is 12.8. The van der Waals surface area contributed by atoms with Gasteiger partial charge in [0.15, 0.2) is 0 Å². The van der Waals surface area contributed by atoms with E-state index < -0.39 is 22.0 Å². The molecule has 2 aromatic rings. The second-order valence-electron chi connectivity index (χ2n) is 5.40. The Morgan fingerprint density at radius 1 is 1.37 bits per heavy atom. The van der Waals surface area contributed by atoms with Gasteiger partial charge >= 0.3 is 5.97 Å². The summed E-state index contributed by atoms with van der Waals surface area (Å²) in [6.45, 7) is 1.87. The van der Waals surface area contributed by atoms with Crippen LogP contribution in [-0.2, 0) is 19.6 Å². The van der Waals surface area contributed by atoms with Gasteiger partial charge < -0.3 is 9.47 Å². The molecular weight excluding hydrogens is 460 g/mol. The van der Waals surface area contributed by atoms with Crippen molar-refractivity contribution in [1.82, 2.24) is 9.71 Å². The van der Waals surface area contributed by atoms with Gasteiger partial charge in [-0.05, 0) is 46.6 Å². The van der Waals surface area contributed by atoms with Gasteiger partial charge in [-0.1, -0.05) is 23.7 Å². The highest BCUT2D eigenvalue weighted by atomic mass is 79.9. The quantitative estimate of drug-likeness (QED) is 0.462. The van der Waals surface area contributed by atoms with Gasteiger partial charge in [0.2, 0.25) is 10.0 Å². The smallest absolute Gasteiger partial charge is 0.307 e. The molecule has 0 radical (unpaired) electrons. The summed E-state index contributed by atoms with van der Waals surface area (Å²) in [5.41, 5.74) is 0.546. The third kappa shape index (κ3) is 5.90. The predicted octanol–water partition coefficient (Wildman–Crippen LogP) is 3.48. The number of carbonyl (C=O) groups is 1. The van der Waals surface area contributed by atoms with Crippen molar-refractivity contribution in [3.8, 4) is 5.75 Å². The standard InChI is InChI=1S/C17H18BrClN2O5S/c1-3-26-16(22)9-14(11-5-4-6-13(7-11)25-2)21-27(23,24)15-8-12(18)10-20-17(15)19/h4-8,10,14,21H,3,9H2,1-2H3. The molecule has 10 heteroatoms. The van der Waals surface area contributed by atoms with E-state index >= 15 is 0 Å². The molecule has 0 aliphatic carbocycles. The maximum Gasteiger partial charge on any atom is 0.307 e. The molecule has 1 aromatic heterocycles. The van der Waals surface area contributed by atoms with Gasteiger partial charge in [-0.15, -0.1) is 0 Å². The SMILES string of the molecule is CCOC(=O)CC(NS(=O)(=O)c1cc(Br)cnc1Cl)c1cccc(OC)c1. The zero-order valence-corrected chi connectivity index (χ0v) is 17.8. The summed E-state index contributed by atoms with van der Waals surface area (Å²) in [7, 11) is -2.57. The molecule has 0 saturated carbocycles. The van der Waals surface area contributed by atoms with Crippen molar-refractivity contribution >= 4 is 43.5 Å². The minimum absolute atomic E-state index is 0.175. The first-order valence-corrected chi connectivity index (χ1v) is 10.5. The van der Waals surface area contributed by atoms with Crippen molar-refractivity contribution in [3.05, 3.63) is 51.7 Å².